The lowest BCUT2D eigenvalue weighted by Crippen LogP contribution is -2.13. The van der Waals surface area contributed by atoms with Crippen molar-refractivity contribution in [1.82, 2.24) is 0 Å². The van der Waals surface area contributed by atoms with E-state index in [1.165, 1.54) is 12.1 Å². The molecule has 1 amide bonds. The van der Waals surface area contributed by atoms with Gasteiger partial charge in [-0.05, 0) is 24.3 Å². The molecule has 4 nitrogen and oxygen atoms in total. The van der Waals surface area contributed by atoms with Gasteiger partial charge in [-0.3, -0.25) is 4.79 Å². The Morgan fingerprint density at radius 3 is 2.71 bits per heavy atom. The number of anilines is 1. The van der Waals surface area contributed by atoms with Gasteiger partial charge in [0.2, 0.25) is 0 Å². The van der Waals surface area contributed by atoms with Crippen LogP contribution in [0.5, 0.6) is 0 Å². The molecule has 0 aliphatic rings. The fourth-order valence-corrected chi connectivity index (χ4v) is 1.35. The molecule has 0 aliphatic carbocycles. The van der Waals surface area contributed by atoms with E-state index in [4.69, 9.17) is 33.6 Å². The van der Waals surface area contributed by atoms with Crippen LogP contribution >= 0.6 is 23.2 Å². The maximum Gasteiger partial charge on any atom is 0.266 e. The van der Waals surface area contributed by atoms with E-state index in [1.54, 1.807) is 12.1 Å². The molecule has 1 aromatic rings. The molecule has 1 aromatic carbocycles. The highest BCUT2D eigenvalue weighted by molar-refractivity contribution is 6.42. The van der Waals surface area contributed by atoms with Crippen LogP contribution < -0.4 is 5.32 Å². The second-order valence-corrected chi connectivity index (χ2v) is 3.81. The fourth-order valence-electron chi connectivity index (χ4n) is 1.05. The number of aliphatic hydroxyl groups excluding tert-OH is 1. The molecule has 0 unspecified atom stereocenters. The van der Waals surface area contributed by atoms with Crippen LogP contribution in [0, 0.1) is 11.3 Å². The summed E-state index contributed by atoms with van der Waals surface area (Å²) in [6.45, 7) is -0.377. The van der Waals surface area contributed by atoms with Crippen LogP contribution in [0.1, 0.15) is 0 Å². The summed E-state index contributed by atoms with van der Waals surface area (Å²) in [5.41, 5.74) is 0.252. The predicted octanol–water partition coefficient (Wildman–Crippen LogP) is 2.37. The summed E-state index contributed by atoms with van der Waals surface area (Å²) in [6, 6.07) is 6.23. The average Bonchev–Trinajstić information content (AvgIpc) is 2.30. The topological polar surface area (TPSA) is 73.1 Å². The van der Waals surface area contributed by atoms with Crippen molar-refractivity contribution in [2.75, 3.05) is 11.9 Å². The third kappa shape index (κ3) is 3.75. The number of nitrogens with one attached hydrogen (secondary N) is 1. The number of hydrogen-bond donors (Lipinski definition) is 2. The number of benzene rings is 1. The Hall–Kier alpha value is -1.54. The normalized spacial score (nSPS) is 10.8. The Bertz CT molecular complexity index is 507. The number of rotatable bonds is 3. The van der Waals surface area contributed by atoms with Gasteiger partial charge in [-0.2, -0.15) is 5.26 Å². The van der Waals surface area contributed by atoms with Gasteiger partial charge in [0.05, 0.1) is 16.7 Å². The number of carbonyl (C=O) groups excluding carboxylic acids is 1. The molecule has 0 saturated heterocycles. The molecule has 0 fully saturated rings. The van der Waals surface area contributed by atoms with E-state index >= 15 is 0 Å². The third-order valence-electron chi connectivity index (χ3n) is 1.84. The van der Waals surface area contributed by atoms with Crippen LogP contribution in [0.15, 0.2) is 29.8 Å². The maximum absolute atomic E-state index is 11.5. The van der Waals surface area contributed by atoms with Gasteiger partial charge in [-0.25, -0.2) is 0 Å². The van der Waals surface area contributed by atoms with Crippen LogP contribution in [0.3, 0.4) is 0 Å². The molecule has 6 heteroatoms. The zero-order valence-electron chi connectivity index (χ0n) is 8.58. The van der Waals surface area contributed by atoms with Crippen molar-refractivity contribution in [3.05, 3.63) is 39.9 Å². The first-order valence-corrected chi connectivity index (χ1v) is 5.31. The number of nitrogens with zero attached hydrogens (tertiary/aromatic N) is 1. The zero-order chi connectivity index (χ0) is 12.8. The summed E-state index contributed by atoms with van der Waals surface area (Å²) in [5, 5.41) is 20.4. The lowest BCUT2D eigenvalue weighted by molar-refractivity contribution is -0.112. The van der Waals surface area contributed by atoms with Crippen molar-refractivity contribution in [2.24, 2.45) is 0 Å². The Balaban J connectivity index is 2.85. The number of carbonyl (C=O) groups is 1. The largest absolute Gasteiger partial charge is 0.392 e. The van der Waals surface area contributed by atoms with Crippen LogP contribution in [0.2, 0.25) is 10.0 Å². The number of halogens is 2. The summed E-state index contributed by atoms with van der Waals surface area (Å²) < 4.78 is 0. The van der Waals surface area contributed by atoms with Gasteiger partial charge in [-0.15, -0.1) is 0 Å². The first-order chi connectivity index (χ1) is 8.08. The Morgan fingerprint density at radius 2 is 2.18 bits per heavy atom. The second-order valence-electron chi connectivity index (χ2n) is 3.00. The van der Waals surface area contributed by atoms with Gasteiger partial charge in [0, 0.05) is 5.69 Å². The Morgan fingerprint density at radius 1 is 1.47 bits per heavy atom. The van der Waals surface area contributed by atoms with Gasteiger partial charge in [0.1, 0.15) is 11.6 Å². The van der Waals surface area contributed by atoms with Gasteiger partial charge in [0.15, 0.2) is 0 Å². The van der Waals surface area contributed by atoms with E-state index in [0.717, 1.165) is 6.08 Å². The van der Waals surface area contributed by atoms with Crippen molar-refractivity contribution in [3.63, 3.8) is 0 Å². The second kappa shape index (κ2) is 6.26. The summed E-state index contributed by atoms with van der Waals surface area (Å²) in [6.07, 6.45) is 1.12. The zero-order valence-corrected chi connectivity index (χ0v) is 10.1. The van der Waals surface area contributed by atoms with Crippen molar-refractivity contribution >= 4 is 34.8 Å². The molecule has 0 saturated carbocycles. The van der Waals surface area contributed by atoms with E-state index in [1.807, 2.05) is 0 Å². The molecule has 17 heavy (non-hydrogen) atoms. The third-order valence-corrected chi connectivity index (χ3v) is 2.58. The lowest BCUT2D eigenvalue weighted by atomic mass is 10.2. The van der Waals surface area contributed by atoms with E-state index in [-0.39, 0.29) is 12.2 Å². The highest BCUT2D eigenvalue weighted by Crippen LogP contribution is 2.25. The Labute approximate surface area is 108 Å². The quantitative estimate of drug-likeness (QED) is 0.654. The molecule has 0 aliphatic heterocycles. The first kappa shape index (κ1) is 13.5. The molecule has 0 spiro atoms. The van der Waals surface area contributed by atoms with E-state index in [2.05, 4.69) is 5.32 Å². The number of nitriles is 1. The van der Waals surface area contributed by atoms with Crippen molar-refractivity contribution < 1.29 is 9.90 Å². The summed E-state index contributed by atoms with van der Waals surface area (Å²) in [4.78, 5) is 11.5. The Kier molecular flexibility index (Phi) is 4.98. The predicted molar refractivity (Wildman–Crippen MR) is 65.9 cm³/mol. The minimum absolute atomic E-state index is 0.168. The highest BCUT2D eigenvalue weighted by Gasteiger charge is 2.09. The van der Waals surface area contributed by atoms with Crippen LogP contribution in [0.25, 0.3) is 0 Å². The molecule has 88 valence electrons. The van der Waals surface area contributed by atoms with Gasteiger partial charge in [-0.1, -0.05) is 23.2 Å². The van der Waals surface area contributed by atoms with E-state index < -0.39 is 5.91 Å². The maximum atomic E-state index is 11.5. The van der Waals surface area contributed by atoms with Crippen LogP contribution in [-0.4, -0.2) is 17.6 Å². The molecule has 0 heterocycles. The lowest BCUT2D eigenvalue weighted by Gasteiger charge is -2.05. The molecule has 1 rings (SSSR count). The molecule has 2 N–H and O–H groups in total. The highest BCUT2D eigenvalue weighted by atomic mass is 35.5. The number of aliphatic hydroxyl groups is 1. The van der Waals surface area contributed by atoms with Crippen molar-refractivity contribution in [2.45, 2.75) is 0 Å². The standard InChI is InChI=1S/C11H8Cl2N2O2/c12-9-2-1-8(5-10(9)13)15-11(17)7(6-14)3-4-16/h1-3,5,16H,4H2,(H,15,17). The SMILES string of the molecule is N#CC(=CCO)C(=O)Nc1ccc(Cl)c(Cl)c1. The van der Waals surface area contributed by atoms with E-state index in [0.29, 0.717) is 15.7 Å². The molecule has 0 radical (unpaired) electrons. The van der Waals surface area contributed by atoms with Crippen LogP contribution in [-0.2, 0) is 4.79 Å². The number of hydrogen-bond acceptors (Lipinski definition) is 3. The smallest absolute Gasteiger partial charge is 0.266 e. The average molecular weight is 271 g/mol. The van der Waals surface area contributed by atoms with Crippen molar-refractivity contribution in [3.8, 4) is 6.07 Å². The summed E-state index contributed by atoms with van der Waals surface area (Å²) in [5.74, 6) is -0.611. The van der Waals surface area contributed by atoms with E-state index in [9.17, 15) is 4.79 Å². The minimum Gasteiger partial charge on any atom is -0.392 e. The molecule has 0 atom stereocenters. The minimum atomic E-state index is -0.611. The van der Waals surface area contributed by atoms with Gasteiger partial charge < -0.3 is 10.4 Å². The van der Waals surface area contributed by atoms with Crippen LogP contribution in [0.4, 0.5) is 5.69 Å². The molecule has 0 aromatic heterocycles. The molecule has 0 bridgehead atoms. The summed E-state index contributed by atoms with van der Waals surface area (Å²) >= 11 is 11.5. The summed E-state index contributed by atoms with van der Waals surface area (Å²) in [7, 11) is 0. The molecular weight excluding hydrogens is 263 g/mol. The van der Waals surface area contributed by atoms with Crippen molar-refractivity contribution in [1.29, 1.82) is 5.26 Å². The van der Waals surface area contributed by atoms with Gasteiger partial charge in [0.25, 0.3) is 5.91 Å². The monoisotopic (exact) mass is 270 g/mol. The first-order valence-electron chi connectivity index (χ1n) is 4.56. The number of amides is 1. The van der Waals surface area contributed by atoms with Gasteiger partial charge >= 0.3 is 0 Å². The molecular formula is C11H8Cl2N2O2. The fraction of sp³-hybridized carbons (Fsp3) is 0.0909.